The van der Waals surface area contributed by atoms with E-state index in [2.05, 4.69) is 15.9 Å². The Labute approximate surface area is 208 Å². The van der Waals surface area contributed by atoms with Crippen molar-refractivity contribution in [1.29, 1.82) is 0 Å². The van der Waals surface area contributed by atoms with E-state index in [4.69, 9.17) is 18.5 Å². The number of hydrogen-bond donors (Lipinski definition) is 0. The van der Waals surface area contributed by atoms with Crippen LogP contribution < -0.4 is 25.7 Å². The summed E-state index contributed by atoms with van der Waals surface area (Å²) in [6.45, 7) is 0. The van der Waals surface area contributed by atoms with Gasteiger partial charge in [-0.3, -0.25) is 0 Å². The van der Waals surface area contributed by atoms with Gasteiger partial charge in [-0.15, -0.1) is 0 Å². The molecule has 0 unspecified atom stereocenters. The molecule has 1 aromatic heterocycles. The summed E-state index contributed by atoms with van der Waals surface area (Å²) >= 11 is 3.36. The van der Waals surface area contributed by atoms with Crippen LogP contribution in [-0.4, -0.2) is 38.6 Å². The fourth-order valence-corrected chi connectivity index (χ4v) is 3.83. The summed E-state index contributed by atoms with van der Waals surface area (Å²) in [6.07, 6.45) is 13.6. The first-order valence-corrected chi connectivity index (χ1v) is 11.3. The molecule has 0 fully saturated rings. The van der Waals surface area contributed by atoms with Gasteiger partial charge in [-0.25, -0.2) is 9.37 Å². The molecule has 1 aliphatic heterocycles. The van der Waals surface area contributed by atoms with Gasteiger partial charge in [0.2, 0.25) is 0 Å². The van der Waals surface area contributed by atoms with E-state index in [0.717, 1.165) is 15.8 Å². The Bertz CT molecular complexity index is 1500. The lowest BCUT2D eigenvalue weighted by Crippen LogP contribution is -2.46. The first kappa shape index (κ1) is 24.5. The van der Waals surface area contributed by atoms with Gasteiger partial charge in [0, 0.05) is 28.3 Å². The van der Waals surface area contributed by atoms with Crippen LogP contribution in [0.3, 0.4) is 0 Å². The van der Waals surface area contributed by atoms with Gasteiger partial charge in [0.1, 0.15) is 30.5 Å². The quantitative estimate of drug-likeness (QED) is 0.436. The minimum atomic E-state index is -4.69. The van der Waals surface area contributed by atoms with E-state index in [1.807, 2.05) is 43.0 Å². The van der Waals surface area contributed by atoms with Crippen molar-refractivity contribution >= 4 is 46.7 Å². The zero-order chi connectivity index (χ0) is 25.2. The molecular weight excluding hydrogens is 523 g/mol. The Morgan fingerprint density at radius 2 is 1.77 bits per heavy atom. The summed E-state index contributed by atoms with van der Waals surface area (Å²) in [6, 6.07) is 6.47. The molecule has 2 aromatic rings. The van der Waals surface area contributed by atoms with E-state index in [0.29, 0.717) is 11.3 Å². The molecule has 0 spiro atoms. The number of fused-ring (bicyclic) bond motifs is 1. The first-order valence-electron chi connectivity index (χ1n) is 10.6. The van der Waals surface area contributed by atoms with Crippen LogP contribution in [0, 0.1) is 0 Å². The molecule has 35 heavy (non-hydrogen) atoms. The van der Waals surface area contributed by atoms with E-state index in [1.165, 1.54) is 31.4 Å². The number of methoxy groups -OCH3 is 1. The lowest BCUT2D eigenvalue weighted by atomic mass is 10.1. The van der Waals surface area contributed by atoms with Gasteiger partial charge in [-0.05, 0) is 54.2 Å². The predicted octanol–water partition coefficient (Wildman–Crippen LogP) is 3.56. The van der Waals surface area contributed by atoms with Crippen LogP contribution in [0.2, 0.25) is 0 Å². The van der Waals surface area contributed by atoms with Gasteiger partial charge in [-0.1, -0.05) is 22.0 Å². The Morgan fingerprint density at radius 1 is 1.03 bits per heavy atom. The predicted molar refractivity (Wildman–Crippen MR) is 135 cm³/mol. The average molecular weight is 544 g/mol. The lowest BCUT2D eigenvalue weighted by Gasteiger charge is -2.32. The third kappa shape index (κ3) is 5.71. The minimum absolute atomic E-state index is 0.0657. The molecule has 0 amide bonds. The second-order valence-electron chi connectivity index (χ2n) is 7.85. The molecule has 180 valence electrons. The number of benzene rings is 1. The monoisotopic (exact) mass is 543 g/mol. The highest BCUT2D eigenvalue weighted by Gasteiger charge is 2.38. The third-order valence-electron chi connectivity index (χ3n) is 5.16. The minimum Gasteiger partial charge on any atom is -0.627 e. The first-order chi connectivity index (χ1) is 16.6. The van der Waals surface area contributed by atoms with Gasteiger partial charge in [-0.2, -0.15) is 0 Å². The van der Waals surface area contributed by atoms with E-state index in [1.54, 1.807) is 24.3 Å². The largest absolute Gasteiger partial charge is 0.725 e. The van der Waals surface area contributed by atoms with Gasteiger partial charge in [0.05, 0.1) is 18.6 Å². The second kappa shape index (κ2) is 9.91. The fourth-order valence-electron chi connectivity index (χ4n) is 3.45. The maximum absolute atomic E-state index is 14.3. The van der Waals surface area contributed by atoms with Crippen molar-refractivity contribution in [3.63, 3.8) is 0 Å². The normalized spacial score (nSPS) is 16.7. The number of hydrogen-bond acceptors (Lipinski definition) is 5. The molecule has 4 rings (SSSR count). The molecule has 6 nitrogen and oxygen atoms in total. The molecule has 0 bridgehead atoms. The van der Waals surface area contributed by atoms with Crippen LogP contribution in [-0.2, 0) is 4.65 Å². The van der Waals surface area contributed by atoms with Gasteiger partial charge in [0.15, 0.2) is 5.71 Å². The SMILES string of the molecule is COc1ccc(Br)cc1/C=C/C1=c2c(c/c(=C/C=C3C=CC(=[N+](C)C)C=C3)oc2=O)O[B-](F)(F)O1. The average Bonchev–Trinajstić information content (AvgIpc) is 2.80. The van der Waals surface area contributed by atoms with E-state index in [-0.39, 0.29) is 22.1 Å². The van der Waals surface area contributed by atoms with Crippen LogP contribution in [0.1, 0.15) is 5.56 Å². The van der Waals surface area contributed by atoms with Gasteiger partial charge in [0.25, 0.3) is 0 Å². The highest BCUT2D eigenvalue weighted by molar-refractivity contribution is 9.10. The fraction of sp³-hybridized carbons (Fsp3) is 0.120. The maximum atomic E-state index is 14.3. The molecule has 0 atom stereocenters. The highest BCUT2D eigenvalue weighted by atomic mass is 79.9. The molecule has 2 heterocycles. The third-order valence-corrected chi connectivity index (χ3v) is 5.66. The molecule has 10 heteroatoms. The molecule has 1 aromatic carbocycles. The van der Waals surface area contributed by atoms with E-state index < -0.39 is 12.7 Å². The Kier molecular flexibility index (Phi) is 6.93. The number of ether oxygens (including phenoxy) is 1. The second-order valence-corrected chi connectivity index (χ2v) is 8.77. The van der Waals surface area contributed by atoms with Crippen LogP contribution in [0.25, 0.3) is 17.9 Å². The molecular formula is C25H21BBrF2NO5. The van der Waals surface area contributed by atoms with Gasteiger partial charge >= 0.3 is 12.7 Å². The summed E-state index contributed by atoms with van der Waals surface area (Å²) in [7, 11) is 0.674. The van der Waals surface area contributed by atoms with Crippen molar-refractivity contribution < 1.29 is 31.7 Å². The van der Waals surface area contributed by atoms with Crippen molar-refractivity contribution in [2.75, 3.05) is 21.2 Å². The smallest absolute Gasteiger partial charge is 0.627 e. The maximum Gasteiger partial charge on any atom is 0.725 e. The molecule has 0 N–H and O–H groups in total. The van der Waals surface area contributed by atoms with E-state index >= 15 is 0 Å². The molecule has 0 saturated carbocycles. The number of allylic oxidation sites excluding steroid dienone is 6. The zero-order valence-electron chi connectivity index (χ0n) is 19.1. The summed E-state index contributed by atoms with van der Waals surface area (Å²) < 4.78 is 51.3. The lowest BCUT2D eigenvalue weighted by molar-refractivity contribution is -0.462. The summed E-state index contributed by atoms with van der Waals surface area (Å²) in [4.78, 5) is 12.7. The van der Waals surface area contributed by atoms with Crippen molar-refractivity contribution in [2.24, 2.45) is 0 Å². The van der Waals surface area contributed by atoms with Crippen molar-refractivity contribution in [1.82, 2.24) is 0 Å². The van der Waals surface area contributed by atoms with Crippen LogP contribution in [0.4, 0.5) is 8.63 Å². The van der Waals surface area contributed by atoms with Gasteiger partial charge < -0.3 is 27.1 Å². The Hall–Kier alpha value is -3.66. The molecule has 1 aliphatic carbocycles. The number of rotatable bonds is 4. The summed E-state index contributed by atoms with van der Waals surface area (Å²) in [5.41, 5.74) is 1.66. The molecule has 0 radical (unpaired) electrons. The standard InChI is InChI=1S/C25H21BBrF2NO5/c1-30(2)19-9-4-16(5-10-19)6-11-20-15-23-24(25(31)33-20)22(34-26(28,29)35-23)12-7-17-14-18(27)8-13-21(17)32-3/h4-15H,1-3H3/b12-7+,20-11-. The van der Waals surface area contributed by atoms with Crippen molar-refractivity contribution in [2.45, 2.75) is 0 Å². The highest BCUT2D eigenvalue weighted by Crippen LogP contribution is 2.27. The number of nitrogens with zero attached hydrogens (tertiary/aromatic N) is 1. The molecule has 2 aliphatic rings. The topological polar surface area (TPSA) is 60.9 Å². The van der Waals surface area contributed by atoms with Crippen molar-refractivity contribution in [3.8, 4) is 11.5 Å². The molecule has 0 saturated heterocycles. The van der Waals surface area contributed by atoms with Crippen LogP contribution >= 0.6 is 15.9 Å². The van der Waals surface area contributed by atoms with E-state index in [9.17, 15) is 13.4 Å². The number of halogens is 3. The van der Waals surface area contributed by atoms with Crippen LogP contribution in [0.15, 0.2) is 80.0 Å². The summed E-state index contributed by atoms with van der Waals surface area (Å²) in [5, 5.41) is -0.226. The Morgan fingerprint density at radius 3 is 2.46 bits per heavy atom. The van der Waals surface area contributed by atoms with Crippen LogP contribution in [0.5, 0.6) is 11.5 Å². The summed E-state index contributed by atoms with van der Waals surface area (Å²) in [5.74, 6) is -0.163. The van der Waals surface area contributed by atoms with Crippen molar-refractivity contribution in [3.05, 3.63) is 97.4 Å². The zero-order valence-corrected chi connectivity index (χ0v) is 20.7. The Balaban J connectivity index is 1.77.